The molecule has 4 aliphatic heterocycles. The van der Waals surface area contributed by atoms with Crippen LogP contribution in [0.15, 0.2) is 0 Å². The van der Waals surface area contributed by atoms with Crippen LogP contribution in [0.25, 0.3) is 0 Å². The van der Waals surface area contributed by atoms with Gasteiger partial charge in [0.05, 0.1) is 26.1 Å². The lowest BCUT2D eigenvalue weighted by Gasteiger charge is -2.43. The summed E-state index contributed by atoms with van der Waals surface area (Å²) in [6.07, 6.45) is -30.3. The Kier molecular flexibility index (Phi) is 14.6. The molecule has 0 amide bonds. The number of aliphatic hydroxyl groups is 14. The molecule has 4 heterocycles. The van der Waals surface area contributed by atoms with Gasteiger partial charge in [0, 0.05) is 0 Å². The minimum atomic E-state index is -2.44. The molecule has 24 nitrogen and oxygen atoms in total. The first-order chi connectivity index (χ1) is 24.5. The van der Waals surface area contributed by atoms with Gasteiger partial charge in [0.2, 0.25) is 11.6 Å². The van der Waals surface area contributed by atoms with Crippen molar-refractivity contribution in [3.05, 3.63) is 0 Å². The molecule has 24 heteroatoms. The topological polar surface area (TPSA) is 391 Å². The zero-order valence-electron chi connectivity index (χ0n) is 27.2. The first-order valence-electron chi connectivity index (χ1n) is 16.1. The van der Waals surface area contributed by atoms with Crippen LogP contribution in [0, 0.1) is 0 Å². The van der Waals surface area contributed by atoms with E-state index in [-0.39, 0.29) is 0 Å². The molecule has 0 aromatic heterocycles. The maximum atomic E-state index is 12.4. The van der Waals surface area contributed by atoms with E-state index in [2.05, 4.69) is 0 Å². The maximum Gasteiger partial charge on any atom is 0.306 e. The molecule has 0 radical (unpaired) electrons. The molecule has 4 saturated heterocycles. The third kappa shape index (κ3) is 8.66. The molecule has 0 aromatic carbocycles. The number of hydrogen-bond acceptors (Lipinski definition) is 24. The number of aliphatic hydroxyl groups excluding tert-OH is 14. The number of hydrogen-bond donors (Lipinski definition) is 14. The average molecular weight is 767 g/mol. The van der Waals surface area contributed by atoms with Crippen molar-refractivity contribution < 1.29 is 119 Å². The summed E-state index contributed by atoms with van der Waals surface area (Å²) >= 11 is 0. The van der Waals surface area contributed by atoms with Crippen molar-refractivity contribution in [2.24, 2.45) is 0 Å². The quantitative estimate of drug-likeness (QED) is 0.0688. The molecule has 4 aliphatic rings. The molecule has 302 valence electrons. The zero-order valence-corrected chi connectivity index (χ0v) is 27.2. The lowest BCUT2D eigenvalue weighted by Crippen LogP contribution is -2.63. The summed E-state index contributed by atoms with van der Waals surface area (Å²) in [4.78, 5) is 24.7. The zero-order chi connectivity index (χ0) is 38.7. The third-order valence-corrected chi connectivity index (χ3v) is 9.13. The fourth-order valence-electron chi connectivity index (χ4n) is 5.93. The molecule has 4 fully saturated rings. The number of rotatable bonds is 15. The summed E-state index contributed by atoms with van der Waals surface area (Å²) in [6.45, 7) is -5.40. The smallest absolute Gasteiger partial charge is 0.306 e. The van der Waals surface area contributed by atoms with Crippen LogP contribution >= 0.6 is 0 Å². The normalized spacial score (nSPS) is 46.7. The van der Waals surface area contributed by atoms with E-state index in [0.717, 1.165) is 0 Å². The van der Waals surface area contributed by atoms with E-state index in [1.165, 1.54) is 0 Å². The molecule has 14 N–H and O–H groups in total. The van der Waals surface area contributed by atoms with Crippen LogP contribution in [0.1, 0.15) is 12.8 Å². The molecular formula is C28H46O24. The first kappa shape index (κ1) is 42.9. The Morgan fingerprint density at radius 2 is 0.827 bits per heavy atom. The summed E-state index contributed by atoms with van der Waals surface area (Å²) < 4.78 is 41.9. The van der Waals surface area contributed by atoms with Crippen molar-refractivity contribution in [3.8, 4) is 0 Å². The van der Waals surface area contributed by atoms with E-state index in [4.69, 9.17) is 37.9 Å². The van der Waals surface area contributed by atoms with Crippen molar-refractivity contribution in [3.63, 3.8) is 0 Å². The van der Waals surface area contributed by atoms with Gasteiger partial charge in [-0.2, -0.15) is 0 Å². The van der Waals surface area contributed by atoms with Crippen LogP contribution in [0.3, 0.4) is 0 Å². The predicted octanol–water partition coefficient (Wildman–Crippen LogP) is -9.90. The summed E-state index contributed by atoms with van der Waals surface area (Å²) in [5.74, 6) is -6.99. The number of ether oxygens (including phenoxy) is 8. The highest BCUT2D eigenvalue weighted by molar-refractivity contribution is 5.77. The van der Waals surface area contributed by atoms with Gasteiger partial charge in [-0.05, 0) is 0 Å². The summed E-state index contributed by atoms with van der Waals surface area (Å²) in [7, 11) is 0. The van der Waals surface area contributed by atoms with E-state index in [0.29, 0.717) is 0 Å². The summed E-state index contributed by atoms with van der Waals surface area (Å²) in [5, 5.41) is 141. The van der Waals surface area contributed by atoms with E-state index in [9.17, 15) is 81.1 Å². The van der Waals surface area contributed by atoms with Crippen molar-refractivity contribution in [1.82, 2.24) is 0 Å². The monoisotopic (exact) mass is 766 g/mol. The van der Waals surface area contributed by atoms with Gasteiger partial charge < -0.3 is 109 Å². The Bertz CT molecular complexity index is 1090. The lowest BCUT2D eigenvalue weighted by molar-refractivity contribution is -0.383. The minimum absolute atomic E-state index is 0.634. The van der Waals surface area contributed by atoms with Crippen molar-refractivity contribution in [2.75, 3.05) is 39.6 Å². The van der Waals surface area contributed by atoms with Crippen LogP contribution in [0.4, 0.5) is 0 Å². The maximum absolute atomic E-state index is 12.4. The van der Waals surface area contributed by atoms with Gasteiger partial charge in [-0.1, -0.05) is 0 Å². The average Bonchev–Trinajstić information content (AvgIpc) is 3.53. The molecule has 52 heavy (non-hydrogen) atoms. The first-order valence-corrected chi connectivity index (χ1v) is 16.1. The highest BCUT2D eigenvalue weighted by Crippen LogP contribution is 2.37. The molecule has 0 unspecified atom stereocenters. The van der Waals surface area contributed by atoms with Crippen LogP contribution in [-0.2, 0) is 47.5 Å². The van der Waals surface area contributed by atoms with E-state index >= 15 is 0 Å². The van der Waals surface area contributed by atoms with Crippen LogP contribution in [0.2, 0.25) is 0 Å². The van der Waals surface area contributed by atoms with Crippen molar-refractivity contribution in [1.29, 1.82) is 0 Å². The SMILES string of the molecule is O=C(CCC(=O)OC[C@H]1O[C@H](O[C@]2(CO)O[C@H](CO)[C@@H](O)[C@@H]2O)[C@H](O)[C@@H](O)[C@@H]1O)OC[C@H]1O[C@H](O[C@]2(CO)O[C@H](CO)[C@@H](O)[C@@H]2O)[C@H](O)[C@@H](O)[C@@H]1O. The van der Waals surface area contributed by atoms with Crippen molar-refractivity contribution >= 4 is 11.9 Å². The second-order valence-corrected chi connectivity index (χ2v) is 12.6. The Hall–Kier alpha value is -1.86. The van der Waals surface area contributed by atoms with Gasteiger partial charge in [0.1, 0.15) is 112 Å². The van der Waals surface area contributed by atoms with Gasteiger partial charge in [-0.3, -0.25) is 9.59 Å². The van der Waals surface area contributed by atoms with Gasteiger partial charge in [-0.15, -0.1) is 0 Å². The molecule has 0 aliphatic carbocycles. The summed E-state index contributed by atoms with van der Waals surface area (Å²) in [5.41, 5.74) is 0. The van der Waals surface area contributed by atoms with Gasteiger partial charge >= 0.3 is 11.9 Å². The number of carbonyl (C=O) groups is 2. The Labute approximate surface area is 293 Å². The predicted molar refractivity (Wildman–Crippen MR) is 154 cm³/mol. The molecule has 0 bridgehead atoms. The number of esters is 2. The van der Waals surface area contributed by atoms with Crippen LogP contribution < -0.4 is 0 Å². The van der Waals surface area contributed by atoms with Gasteiger partial charge in [-0.25, -0.2) is 0 Å². The Morgan fingerprint density at radius 3 is 1.12 bits per heavy atom. The van der Waals surface area contributed by atoms with Crippen LogP contribution in [-0.4, -0.2) is 233 Å². The molecule has 0 saturated carbocycles. The minimum Gasteiger partial charge on any atom is -0.463 e. The fourth-order valence-corrected chi connectivity index (χ4v) is 5.93. The highest BCUT2D eigenvalue weighted by atomic mass is 16.8. The molecule has 18 atom stereocenters. The van der Waals surface area contributed by atoms with Gasteiger partial charge in [0.25, 0.3) is 0 Å². The molecular weight excluding hydrogens is 720 g/mol. The highest BCUT2D eigenvalue weighted by Gasteiger charge is 2.60. The fraction of sp³-hybridized carbons (Fsp3) is 0.929. The van der Waals surface area contributed by atoms with Crippen molar-refractivity contribution in [2.45, 2.75) is 122 Å². The van der Waals surface area contributed by atoms with E-state index in [1.807, 2.05) is 0 Å². The van der Waals surface area contributed by atoms with Gasteiger partial charge in [0.15, 0.2) is 12.6 Å². The third-order valence-electron chi connectivity index (χ3n) is 9.13. The standard InChI is InChI=1S/C28H46O24/c29-3-9-17(37)23(43)27(7-31,49-9)51-25-21(41)19(39)15(35)11(47-25)5-45-13(33)1-2-14(34)46-6-12-16(36)20(40)22(42)26(48-12)52-28(8-32)24(44)18(38)10(4-30)50-28/h9-12,15-26,29-32,35-44H,1-8H2/t9-,10-,11-,12-,15-,16-,17-,18-,19+,20+,21-,22-,23+,24+,25-,26-,27+,28+/m1/s1. The molecule has 0 spiro atoms. The Balaban J connectivity index is 1.26. The second kappa shape index (κ2) is 17.7. The lowest BCUT2D eigenvalue weighted by atomic mass is 9.99. The second-order valence-electron chi connectivity index (χ2n) is 12.6. The van der Waals surface area contributed by atoms with Crippen LogP contribution in [0.5, 0.6) is 0 Å². The number of carbonyl (C=O) groups excluding carboxylic acids is 2. The molecule has 4 rings (SSSR count). The molecule has 0 aromatic rings. The Morgan fingerprint density at radius 1 is 0.481 bits per heavy atom. The summed E-state index contributed by atoms with van der Waals surface area (Å²) in [6, 6.07) is 0. The van der Waals surface area contributed by atoms with E-state index < -0.39 is 174 Å². The van der Waals surface area contributed by atoms with E-state index in [1.54, 1.807) is 0 Å². The largest absolute Gasteiger partial charge is 0.463 e.